The van der Waals surface area contributed by atoms with Crippen molar-refractivity contribution in [3.8, 4) is 0 Å². The fraction of sp³-hybridized carbons (Fsp3) is 0.939. The van der Waals surface area contributed by atoms with Crippen LogP contribution in [0, 0.1) is 74.4 Å². The van der Waals surface area contributed by atoms with Gasteiger partial charge in [0.25, 0.3) is 0 Å². The van der Waals surface area contributed by atoms with Crippen LogP contribution in [0.1, 0.15) is 140 Å². The number of hydrogen-bond donors (Lipinski definition) is 3. The fourth-order valence-electron chi connectivity index (χ4n) is 16.4. The van der Waals surface area contributed by atoms with Crippen LogP contribution in [0.5, 0.6) is 0 Å². The van der Waals surface area contributed by atoms with Gasteiger partial charge in [0, 0.05) is 49.8 Å². The van der Waals surface area contributed by atoms with E-state index >= 15 is 0 Å². The van der Waals surface area contributed by atoms with Crippen molar-refractivity contribution in [3.05, 3.63) is 0 Å². The van der Waals surface area contributed by atoms with E-state index in [2.05, 4.69) is 64.0 Å². The van der Waals surface area contributed by atoms with Gasteiger partial charge >= 0.3 is 18.0 Å². The zero-order chi connectivity index (χ0) is 45.4. The van der Waals surface area contributed by atoms with Gasteiger partial charge in [0.2, 0.25) is 0 Å². The van der Waals surface area contributed by atoms with Crippen molar-refractivity contribution in [2.75, 3.05) is 51.5 Å². The second-order valence-electron chi connectivity index (χ2n) is 23.8. The second kappa shape index (κ2) is 17.0. The molecule has 0 radical (unpaired) electrons. The molecule has 1 saturated heterocycles. The first-order valence-corrected chi connectivity index (χ1v) is 26.3. The third-order valence-corrected chi connectivity index (χ3v) is 22.0. The van der Waals surface area contributed by atoms with Gasteiger partial charge in [-0.3, -0.25) is 14.5 Å². The molecule has 12 nitrogen and oxygen atoms in total. The molecule has 13 heteroatoms. The first-order chi connectivity index (χ1) is 28.9. The maximum atomic E-state index is 13.7. The van der Waals surface area contributed by atoms with Crippen molar-refractivity contribution in [3.63, 3.8) is 0 Å². The summed E-state index contributed by atoms with van der Waals surface area (Å²) in [4.78, 5) is 40.7. The summed E-state index contributed by atoms with van der Waals surface area (Å²) in [5, 5.41) is 17.1. The van der Waals surface area contributed by atoms with Gasteiger partial charge < -0.3 is 30.0 Å². The van der Waals surface area contributed by atoms with Gasteiger partial charge in [-0.2, -0.15) is 0 Å². The normalized spacial score (nSPS) is 42.8. The highest BCUT2D eigenvalue weighted by atomic mass is 32.2. The van der Waals surface area contributed by atoms with Crippen LogP contribution in [0.3, 0.4) is 0 Å². The van der Waals surface area contributed by atoms with Crippen LogP contribution in [0.15, 0.2) is 0 Å². The Morgan fingerprint density at radius 3 is 2.11 bits per heavy atom. The largest absolute Gasteiger partial charge is 0.481 e. The van der Waals surface area contributed by atoms with Crippen molar-refractivity contribution in [2.45, 2.75) is 164 Å². The molecule has 1 heterocycles. The number of carboxylic acid groups (broad SMARTS) is 1. The highest BCUT2D eigenvalue weighted by Gasteiger charge is 2.71. The number of fused-ring (bicyclic) bond motifs is 7. The second-order valence-corrected chi connectivity index (χ2v) is 26.1. The van der Waals surface area contributed by atoms with Crippen LogP contribution in [0.4, 0.5) is 4.79 Å². The van der Waals surface area contributed by atoms with Crippen molar-refractivity contribution in [1.82, 2.24) is 15.5 Å². The van der Waals surface area contributed by atoms with E-state index in [1.807, 2.05) is 20.8 Å². The third kappa shape index (κ3) is 7.96. The molecule has 14 atom stereocenters. The lowest BCUT2D eigenvalue weighted by Gasteiger charge is -2.73. The summed E-state index contributed by atoms with van der Waals surface area (Å²) < 4.78 is 42.0. The zero-order valence-corrected chi connectivity index (χ0v) is 41.0. The van der Waals surface area contributed by atoms with Gasteiger partial charge in [-0.1, -0.05) is 62.3 Å². The molecule has 354 valence electrons. The molecule has 1 aliphatic heterocycles. The molecule has 7 fully saturated rings. The summed E-state index contributed by atoms with van der Waals surface area (Å²) in [6, 6.07) is -0.350. The Bertz CT molecular complexity index is 1790. The molecule has 0 aromatic carbocycles. The number of methoxy groups -OCH3 is 1. The number of rotatable bonds is 13. The van der Waals surface area contributed by atoms with Crippen molar-refractivity contribution < 1.29 is 42.1 Å². The molecule has 6 aliphatic carbocycles. The number of aliphatic carboxylic acids is 1. The molecule has 0 spiro atoms. The topological polar surface area (TPSA) is 161 Å². The minimum Gasteiger partial charge on any atom is -0.481 e. The highest BCUT2D eigenvalue weighted by Crippen LogP contribution is 2.76. The first kappa shape index (κ1) is 48.0. The van der Waals surface area contributed by atoms with Crippen LogP contribution in [0.2, 0.25) is 0 Å². The maximum absolute atomic E-state index is 13.7. The van der Waals surface area contributed by atoms with E-state index in [0.717, 1.165) is 32.1 Å². The number of sulfone groups is 1. The predicted octanol–water partition coefficient (Wildman–Crippen LogP) is 7.58. The van der Waals surface area contributed by atoms with E-state index in [9.17, 15) is 27.9 Å². The highest BCUT2D eigenvalue weighted by molar-refractivity contribution is 7.91. The summed E-state index contributed by atoms with van der Waals surface area (Å²) >= 11 is 0. The van der Waals surface area contributed by atoms with Crippen LogP contribution in [-0.4, -0.2) is 112 Å². The number of esters is 1. The third-order valence-electron chi connectivity index (χ3n) is 20.3. The van der Waals surface area contributed by atoms with Crippen molar-refractivity contribution in [1.29, 1.82) is 0 Å². The predicted molar refractivity (Wildman–Crippen MR) is 240 cm³/mol. The molecule has 6 saturated carbocycles. The Kier molecular flexibility index (Phi) is 13.2. The van der Waals surface area contributed by atoms with E-state index < -0.39 is 33.2 Å². The Labute approximate surface area is 373 Å². The van der Waals surface area contributed by atoms with Crippen LogP contribution in [0.25, 0.3) is 0 Å². The minimum absolute atomic E-state index is 0.0222. The molecule has 0 aromatic rings. The monoisotopic (exact) mass is 890 g/mol. The summed E-state index contributed by atoms with van der Waals surface area (Å²) in [5.74, 6) is 1.63. The number of carboxylic acids is 1. The molecule has 3 N–H and O–H groups in total. The van der Waals surface area contributed by atoms with Crippen molar-refractivity contribution >= 4 is 27.9 Å². The summed E-state index contributed by atoms with van der Waals surface area (Å²) in [7, 11) is -1.50. The molecule has 0 bridgehead atoms. The van der Waals surface area contributed by atoms with E-state index in [0.29, 0.717) is 68.2 Å². The number of nitrogens with zero attached hydrogens (tertiary/aromatic N) is 1. The lowest BCUT2D eigenvalue weighted by atomic mass is 9.32. The van der Waals surface area contributed by atoms with Crippen LogP contribution in [-0.2, 0) is 33.6 Å². The van der Waals surface area contributed by atoms with E-state index in [1.165, 1.54) is 32.1 Å². The molecule has 62 heavy (non-hydrogen) atoms. The average Bonchev–Trinajstić information content (AvgIpc) is 3.56. The Morgan fingerprint density at radius 2 is 1.48 bits per heavy atom. The first-order valence-electron chi connectivity index (χ1n) is 24.4. The van der Waals surface area contributed by atoms with Gasteiger partial charge in [-0.05, 0) is 135 Å². The lowest BCUT2D eigenvalue weighted by molar-refractivity contribution is -0.249. The van der Waals surface area contributed by atoms with Crippen LogP contribution >= 0.6 is 0 Å². The van der Waals surface area contributed by atoms with Crippen LogP contribution < -0.4 is 10.6 Å². The molecule has 7 rings (SSSR count). The number of nitrogens with one attached hydrogen (secondary N) is 2. The van der Waals surface area contributed by atoms with Gasteiger partial charge in [0.1, 0.15) is 12.7 Å². The van der Waals surface area contributed by atoms with Crippen molar-refractivity contribution in [2.24, 2.45) is 74.4 Å². The molecular formula is C49H83N3O9S. The average molecular weight is 890 g/mol. The van der Waals surface area contributed by atoms with Gasteiger partial charge in [-0.25, -0.2) is 13.2 Å². The molecular weight excluding hydrogens is 807 g/mol. The van der Waals surface area contributed by atoms with Gasteiger partial charge in [-0.15, -0.1) is 0 Å². The van der Waals surface area contributed by atoms with E-state index in [-0.39, 0.29) is 75.4 Å². The molecule has 0 unspecified atom stereocenters. The molecule has 1 amide bonds. The van der Waals surface area contributed by atoms with E-state index in [1.54, 1.807) is 7.11 Å². The van der Waals surface area contributed by atoms with E-state index in [4.69, 9.17) is 14.2 Å². The molecule has 7 aliphatic rings. The fourth-order valence-corrected chi connectivity index (χ4v) is 17.6. The maximum Gasteiger partial charge on any atom is 0.407 e. The minimum atomic E-state index is -3.08. The summed E-state index contributed by atoms with van der Waals surface area (Å²) in [6.45, 7) is 25.4. The number of carbonyl (C=O) groups is 3. The van der Waals surface area contributed by atoms with Gasteiger partial charge in [0.05, 0.1) is 29.9 Å². The SMILES string of the molecule is COCCOC(=O)N[C@H](C)[C@@H](CN[C@]12CC[C@@H](C(C)C)[C@@H]1[C@H]1CC[C@@H]3[C@@]4(C)CC[C@H](OC(=O)[C@H]5C[C@@H](C(=O)O)C5(C)C)C(C)(C)[C@@H]4CC[C@@]3(C)[C@]1(C)CC2)N1CCS(=O)(=O)CC1. The quantitative estimate of drug-likeness (QED) is 0.124. The Morgan fingerprint density at radius 1 is 0.790 bits per heavy atom. The number of carbonyl (C=O) groups excluding carboxylic acids is 2. The smallest absolute Gasteiger partial charge is 0.407 e. The summed E-state index contributed by atoms with van der Waals surface area (Å²) in [5.41, 5.74) is -0.353. The summed E-state index contributed by atoms with van der Waals surface area (Å²) in [6.07, 6.45) is 11.0. The number of ether oxygens (including phenoxy) is 3. The standard InChI is InChI=1S/C49H83N3O9S/c1-30(2)32-14-19-49(50-29-36(52-22-26-62(57,58)27-23-52)31(3)51-43(56)60-25-24-59-11)21-20-47(9)33(40(32)49)12-13-38-46(8)17-16-39(45(6,7)37(46)15-18-48(38,47)10)61-42(55)35-28-34(41(53)54)44(35,4)5/h30-40,50H,12-29H2,1-11H3,(H,51,56)(H,53,54)/t31-,32+,33-,34+,35-,36-,37+,38-,39+,40-,46+,47-,48-,49+/m1/s1. The lowest BCUT2D eigenvalue weighted by Crippen LogP contribution is -2.69. The number of hydrogen-bond acceptors (Lipinski definition) is 10. The molecule has 0 aromatic heterocycles. The number of alkyl carbamates (subject to hydrolysis) is 1. The van der Waals surface area contributed by atoms with Gasteiger partial charge in [0.15, 0.2) is 9.84 Å². The zero-order valence-electron chi connectivity index (χ0n) is 40.1. The Hall–Kier alpha value is -1.96. The number of amides is 1. The Balaban J connectivity index is 1.10.